The first-order valence-electron chi connectivity index (χ1n) is 6.65. The minimum absolute atomic E-state index is 0.0341. The Morgan fingerprint density at radius 2 is 2.11 bits per heavy atom. The number of phenolic OH excluding ortho intramolecular Hbond substituents is 2. The molecule has 2 N–H and O–H groups in total. The lowest BCUT2D eigenvalue weighted by Crippen LogP contribution is -2.42. The Bertz CT molecular complexity index is 482. The third-order valence-corrected chi connectivity index (χ3v) is 3.63. The lowest BCUT2D eigenvalue weighted by molar-refractivity contribution is 0.0807. The summed E-state index contributed by atoms with van der Waals surface area (Å²) in [6.45, 7) is 6.57. The summed E-state index contributed by atoms with van der Waals surface area (Å²) in [6.07, 6.45) is 2.28. The van der Waals surface area contributed by atoms with Gasteiger partial charge in [-0.2, -0.15) is 0 Å². The van der Waals surface area contributed by atoms with Crippen LogP contribution >= 0.6 is 0 Å². The Morgan fingerprint density at radius 1 is 1.37 bits per heavy atom. The van der Waals surface area contributed by atoms with Gasteiger partial charge in [0.1, 0.15) is 11.5 Å². The quantitative estimate of drug-likeness (QED) is 0.822. The lowest BCUT2D eigenvalue weighted by Gasteiger charge is -2.37. The molecule has 2 rings (SSSR count). The van der Waals surface area contributed by atoms with Gasteiger partial charge in [0, 0.05) is 12.6 Å². The van der Waals surface area contributed by atoms with Crippen molar-refractivity contribution < 1.29 is 15.0 Å². The molecule has 19 heavy (non-hydrogen) atoms. The zero-order valence-electron chi connectivity index (χ0n) is 11.5. The van der Waals surface area contributed by atoms with Gasteiger partial charge in [0.05, 0.1) is 12.1 Å². The number of hydrogen-bond acceptors (Lipinski definition) is 4. The Morgan fingerprint density at radius 3 is 2.74 bits per heavy atom. The maximum absolute atomic E-state index is 12.2. The molecule has 104 valence electrons. The van der Waals surface area contributed by atoms with Crippen molar-refractivity contribution in [3.8, 4) is 11.5 Å². The molecule has 1 saturated heterocycles. The minimum atomic E-state index is -0.152. The first-order valence-corrected chi connectivity index (χ1v) is 6.65. The summed E-state index contributed by atoms with van der Waals surface area (Å²) in [4.78, 5) is 14.3. The molecule has 0 saturated carbocycles. The highest BCUT2D eigenvalue weighted by atomic mass is 16.3. The second-order valence-electron chi connectivity index (χ2n) is 6.10. The van der Waals surface area contributed by atoms with Gasteiger partial charge in [0.25, 0.3) is 0 Å². The molecule has 1 aromatic carbocycles. The van der Waals surface area contributed by atoms with Crippen LogP contribution in [0.4, 0.5) is 0 Å². The van der Waals surface area contributed by atoms with Crippen molar-refractivity contribution in [2.45, 2.75) is 26.7 Å². The van der Waals surface area contributed by atoms with E-state index in [9.17, 15) is 15.0 Å². The molecule has 0 bridgehead atoms. The summed E-state index contributed by atoms with van der Waals surface area (Å²) in [5.74, 6) is -0.287. The number of hydrogen-bond donors (Lipinski definition) is 2. The van der Waals surface area contributed by atoms with Crippen LogP contribution in [0.25, 0.3) is 0 Å². The number of piperidine rings is 1. The predicted molar refractivity (Wildman–Crippen MR) is 73.6 cm³/mol. The molecular weight excluding hydrogens is 242 g/mol. The molecule has 4 heteroatoms. The first-order chi connectivity index (χ1) is 8.87. The number of aromatic hydroxyl groups is 2. The molecule has 0 spiro atoms. The van der Waals surface area contributed by atoms with Crippen molar-refractivity contribution in [3.63, 3.8) is 0 Å². The molecule has 0 atom stereocenters. The van der Waals surface area contributed by atoms with Crippen LogP contribution in [0.15, 0.2) is 18.2 Å². The van der Waals surface area contributed by atoms with E-state index in [1.807, 2.05) is 0 Å². The van der Waals surface area contributed by atoms with Crippen molar-refractivity contribution in [2.24, 2.45) is 5.41 Å². The van der Waals surface area contributed by atoms with Gasteiger partial charge in [-0.1, -0.05) is 13.8 Å². The van der Waals surface area contributed by atoms with Crippen LogP contribution in [-0.2, 0) is 0 Å². The van der Waals surface area contributed by atoms with Crippen molar-refractivity contribution in [2.75, 3.05) is 19.6 Å². The summed E-state index contributed by atoms with van der Waals surface area (Å²) >= 11 is 0. The second kappa shape index (κ2) is 5.21. The second-order valence-corrected chi connectivity index (χ2v) is 6.10. The highest BCUT2D eigenvalue weighted by Gasteiger charge is 2.27. The maximum Gasteiger partial charge on any atom is 0.180 e. The van der Waals surface area contributed by atoms with E-state index in [0.29, 0.717) is 6.54 Å². The number of phenols is 2. The van der Waals surface area contributed by atoms with E-state index in [0.717, 1.165) is 19.5 Å². The van der Waals surface area contributed by atoms with Crippen LogP contribution < -0.4 is 0 Å². The molecule has 0 amide bonds. The van der Waals surface area contributed by atoms with Gasteiger partial charge in [-0.15, -0.1) is 0 Å². The number of carbonyl (C=O) groups excluding carboxylic acids is 1. The number of benzene rings is 1. The Kier molecular flexibility index (Phi) is 3.80. The molecule has 1 fully saturated rings. The van der Waals surface area contributed by atoms with Gasteiger partial charge in [0.15, 0.2) is 5.78 Å². The number of nitrogens with zero attached hydrogens (tertiary/aromatic N) is 1. The Hall–Kier alpha value is -1.55. The van der Waals surface area contributed by atoms with Crippen molar-refractivity contribution in [1.29, 1.82) is 0 Å². The lowest BCUT2D eigenvalue weighted by atomic mass is 9.84. The fourth-order valence-corrected chi connectivity index (χ4v) is 2.72. The number of likely N-dealkylation sites (tertiary alicyclic amines) is 1. The normalized spacial score (nSPS) is 19.3. The van der Waals surface area contributed by atoms with Crippen LogP contribution in [0.3, 0.4) is 0 Å². The topological polar surface area (TPSA) is 60.8 Å². The third-order valence-electron chi connectivity index (χ3n) is 3.63. The highest BCUT2D eigenvalue weighted by Crippen LogP contribution is 2.29. The fourth-order valence-electron chi connectivity index (χ4n) is 2.72. The highest BCUT2D eigenvalue weighted by molar-refractivity contribution is 6.00. The zero-order chi connectivity index (χ0) is 14.0. The van der Waals surface area contributed by atoms with E-state index in [2.05, 4.69) is 18.7 Å². The van der Waals surface area contributed by atoms with E-state index in [4.69, 9.17) is 0 Å². The zero-order valence-corrected chi connectivity index (χ0v) is 11.5. The Balaban J connectivity index is 2.04. The molecule has 1 aliphatic heterocycles. The number of Topliss-reactive ketones (excluding diaryl/α,β-unsaturated/α-hetero) is 1. The van der Waals surface area contributed by atoms with E-state index in [1.54, 1.807) is 0 Å². The van der Waals surface area contributed by atoms with E-state index < -0.39 is 0 Å². The maximum atomic E-state index is 12.2. The molecule has 1 heterocycles. The van der Waals surface area contributed by atoms with Crippen molar-refractivity contribution in [1.82, 2.24) is 4.90 Å². The van der Waals surface area contributed by atoms with Crippen molar-refractivity contribution >= 4 is 5.78 Å². The average Bonchev–Trinajstić information content (AvgIpc) is 2.27. The summed E-state index contributed by atoms with van der Waals surface area (Å²) in [7, 11) is 0. The SMILES string of the molecule is CC1(C)CCCN(CC(=O)c2ccc(O)cc2O)C1. The average molecular weight is 263 g/mol. The molecule has 1 aliphatic rings. The fraction of sp³-hybridized carbons (Fsp3) is 0.533. The van der Waals surface area contributed by atoms with Gasteiger partial charge >= 0.3 is 0 Å². The summed E-state index contributed by atoms with van der Waals surface area (Å²) in [5.41, 5.74) is 0.524. The van der Waals surface area contributed by atoms with Gasteiger partial charge in [0.2, 0.25) is 0 Å². The third kappa shape index (κ3) is 3.47. The van der Waals surface area contributed by atoms with Gasteiger partial charge in [-0.05, 0) is 36.9 Å². The number of ketones is 1. The van der Waals surface area contributed by atoms with Crippen LogP contribution in [-0.4, -0.2) is 40.5 Å². The largest absolute Gasteiger partial charge is 0.508 e. The molecule has 0 aromatic heterocycles. The van der Waals surface area contributed by atoms with E-state index >= 15 is 0 Å². The van der Waals surface area contributed by atoms with Crippen LogP contribution in [0.5, 0.6) is 11.5 Å². The minimum Gasteiger partial charge on any atom is -0.508 e. The molecule has 0 aliphatic carbocycles. The smallest absolute Gasteiger partial charge is 0.180 e. The molecule has 1 aromatic rings. The summed E-state index contributed by atoms with van der Waals surface area (Å²) in [6, 6.07) is 4.10. The molecule has 0 radical (unpaired) electrons. The summed E-state index contributed by atoms with van der Waals surface area (Å²) in [5, 5.41) is 18.9. The number of rotatable bonds is 3. The standard InChI is InChI=1S/C15H21NO3/c1-15(2)6-3-7-16(10-15)9-14(19)12-5-4-11(17)8-13(12)18/h4-5,8,17-18H,3,6-7,9-10H2,1-2H3. The first kappa shape index (κ1) is 13.9. The van der Waals surface area contributed by atoms with Gasteiger partial charge in [-0.3, -0.25) is 9.69 Å². The molecule has 0 unspecified atom stereocenters. The van der Waals surface area contributed by atoms with Crippen LogP contribution in [0.2, 0.25) is 0 Å². The Labute approximate surface area is 113 Å². The predicted octanol–water partition coefficient (Wildman–Crippen LogP) is 2.40. The van der Waals surface area contributed by atoms with Crippen LogP contribution in [0, 0.1) is 5.41 Å². The van der Waals surface area contributed by atoms with Gasteiger partial charge < -0.3 is 10.2 Å². The molecular formula is C15H21NO3. The molecule has 4 nitrogen and oxygen atoms in total. The summed E-state index contributed by atoms with van der Waals surface area (Å²) < 4.78 is 0. The monoisotopic (exact) mass is 263 g/mol. The van der Waals surface area contributed by atoms with Crippen molar-refractivity contribution in [3.05, 3.63) is 23.8 Å². The van der Waals surface area contributed by atoms with Gasteiger partial charge in [-0.25, -0.2) is 0 Å². The number of carbonyl (C=O) groups is 1. The van der Waals surface area contributed by atoms with E-state index in [-0.39, 0.29) is 28.3 Å². The van der Waals surface area contributed by atoms with Crippen LogP contribution in [0.1, 0.15) is 37.0 Å². The van der Waals surface area contributed by atoms with E-state index in [1.165, 1.54) is 24.6 Å².